The standard InChI is InChI=1S/C16H11Cl2NO3/c1-8(16(20)21)9-2-5-13-14(6-9)22-15(19-13)11-4-3-10(17)7-12(11)18/h2-8H,1H3,(H,20,21). The first kappa shape index (κ1) is 14.9. The van der Waals surface area contributed by atoms with Crippen LogP contribution in [0.4, 0.5) is 0 Å². The van der Waals surface area contributed by atoms with Gasteiger partial charge in [-0.25, -0.2) is 4.98 Å². The van der Waals surface area contributed by atoms with E-state index in [0.717, 1.165) is 0 Å². The predicted molar refractivity (Wildman–Crippen MR) is 85.5 cm³/mol. The van der Waals surface area contributed by atoms with Crippen LogP contribution in [0.1, 0.15) is 18.4 Å². The van der Waals surface area contributed by atoms with E-state index in [9.17, 15) is 4.79 Å². The van der Waals surface area contributed by atoms with E-state index in [1.165, 1.54) is 0 Å². The van der Waals surface area contributed by atoms with Crippen molar-refractivity contribution in [2.45, 2.75) is 12.8 Å². The largest absolute Gasteiger partial charge is 0.481 e. The van der Waals surface area contributed by atoms with Gasteiger partial charge in [0.1, 0.15) is 5.52 Å². The van der Waals surface area contributed by atoms with Crippen molar-refractivity contribution >= 4 is 40.3 Å². The molecule has 112 valence electrons. The number of halogens is 2. The summed E-state index contributed by atoms with van der Waals surface area (Å²) in [6.07, 6.45) is 0. The second-order valence-corrected chi connectivity index (χ2v) is 5.77. The lowest BCUT2D eigenvalue weighted by Crippen LogP contribution is -2.06. The van der Waals surface area contributed by atoms with E-state index in [-0.39, 0.29) is 0 Å². The summed E-state index contributed by atoms with van der Waals surface area (Å²) in [6, 6.07) is 10.2. The summed E-state index contributed by atoms with van der Waals surface area (Å²) in [6.45, 7) is 1.62. The molecule has 0 amide bonds. The molecule has 1 heterocycles. The van der Waals surface area contributed by atoms with E-state index >= 15 is 0 Å². The molecule has 6 heteroatoms. The topological polar surface area (TPSA) is 63.3 Å². The van der Waals surface area contributed by atoms with Crippen LogP contribution in [0.3, 0.4) is 0 Å². The van der Waals surface area contributed by atoms with Gasteiger partial charge >= 0.3 is 5.97 Å². The minimum atomic E-state index is -0.889. The van der Waals surface area contributed by atoms with Crippen molar-refractivity contribution in [1.82, 2.24) is 4.98 Å². The molecule has 1 aromatic heterocycles. The molecule has 0 aliphatic rings. The quantitative estimate of drug-likeness (QED) is 0.732. The number of fused-ring (bicyclic) bond motifs is 1. The van der Waals surface area contributed by atoms with E-state index in [4.69, 9.17) is 32.7 Å². The molecule has 3 aromatic rings. The third kappa shape index (κ3) is 2.67. The molecule has 1 unspecified atom stereocenters. The molecule has 0 saturated heterocycles. The Bertz CT molecular complexity index is 873. The monoisotopic (exact) mass is 335 g/mol. The Hall–Kier alpha value is -2.04. The zero-order valence-corrected chi connectivity index (χ0v) is 13.0. The van der Waals surface area contributed by atoms with Crippen LogP contribution in [0.5, 0.6) is 0 Å². The number of aromatic nitrogens is 1. The molecule has 0 aliphatic carbocycles. The number of aliphatic carboxylic acids is 1. The Kier molecular flexibility index (Phi) is 3.81. The van der Waals surface area contributed by atoms with Crippen molar-refractivity contribution in [1.29, 1.82) is 0 Å². The molecule has 3 rings (SSSR count). The predicted octanol–water partition coefficient (Wildman–Crippen LogP) is 4.99. The van der Waals surface area contributed by atoms with Crippen molar-refractivity contribution < 1.29 is 14.3 Å². The van der Waals surface area contributed by atoms with Gasteiger partial charge in [0, 0.05) is 5.02 Å². The molecule has 0 bridgehead atoms. The number of hydrogen-bond acceptors (Lipinski definition) is 3. The minimum Gasteiger partial charge on any atom is -0.481 e. The molecule has 0 fully saturated rings. The van der Waals surface area contributed by atoms with Gasteiger partial charge in [0.15, 0.2) is 5.58 Å². The van der Waals surface area contributed by atoms with E-state index < -0.39 is 11.9 Å². The minimum absolute atomic E-state index is 0.372. The molecule has 1 N–H and O–H groups in total. The molecular formula is C16H11Cl2NO3. The van der Waals surface area contributed by atoms with Crippen LogP contribution in [0.2, 0.25) is 10.0 Å². The normalized spacial score (nSPS) is 12.5. The number of carboxylic acids is 1. The number of carboxylic acid groups (broad SMARTS) is 1. The van der Waals surface area contributed by atoms with Gasteiger partial charge in [0.05, 0.1) is 16.5 Å². The first-order valence-corrected chi connectivity index (χ1v) is 7.30. The van der Waals surface area contributed by atoms with Gasteiger partial charge in [0.25, 0.3) is 0 Å². The van der Waals surface area contributed by atoms with Crippen molar-refractivity contribution in [3.8, 4) is 11.5 Å². The van der Waals surface area contributed by atoms with Gasteiger partial charge in [-0.1, -0.05) is 29.3 Å². The number of benzene rings is 2. The highest BCUT2D eigenvalue weighted by atomic mass is 35.5. The second-order valence-electron chi connectivity index (χ2n) is 4.93. The smallest absolute Gasteiger partial charge is 0.310 e. The summed E-state index contributed by atoms with van der Waals surface area (Å²) in [7, 11) is 0. The van der Waals surface area contributed by atoms with Crippen molar-refractivity contribution in [2.75, 3.05) is 0 Å². The van der Waals surface area contributed by atoms with Crippen molar-refractivity contribution in [2.24, 2.45) is 0 Å². The van der Waals surface area contributed by atoms with Crippen LogP contribution in [0.25, 0.3) is 22.6 Å². The van der Waals surface area contributed by atoms with Gasteiger partial charge in [-0.05, 0) is 42.8 Å². The molecule has 0 spiro atoms. The number of hydrogen-bond donors (Lipinski definition) is 1. The van der Waals surface area contributed by atoms with Gasteiger partial charge in [0.2, 0.25) is 5.89 Å². The first-order valence-electron chi connectivity index (χ1n) is 6.54. The number of carbonyl (C=O) groups is 1. The average Bonchev–Trinajstić information content (AvgIpc) is 2.88. The number of oxazole rings is 1. The maximum atomic E-state index is 11.1. The summed E-state index contributed by atoms with van der Waals surface area (Å²) < 4.78 is 5.71. The molecule has 4 nitrogen and oxygen atoms in total. The molecule has 1 atom stereocenters. The molecule has 22 heavy (non-hydrogen) atoms. The number of nitrogens with zero attached hydrogens (tertiary/aromatic N) is 1. The van der Waals surface area contributed by atoms with Crippen LogP contribution in [-0.4, -0.2) is 16.1 Å². The lowest BCUT2D eigenvalue weighted by Gasteiger charge is -2.04. The zero-order valence-electron chi connectivity index (χ0n) is 11.5. The van der Waals surface area contributed by atoms with Crippen LogP contribution in [0, 0.1) is 0 Å². The molecule has 0 aliphatic heterocycles. The first-order chi connectivity index (χ1) is 10.5. The fourth-order valence-corrected chi connectivity index (χ4v) is 2.62. The third-order valence-corrected chi connectivity index (χ3v) is 3.99. The fraction of sp³-hybridized carbons (Fsp3) is 0.125. The Balaban J connectivity index is 2.08. The Morgan fingerprint density at radius 2 is 2.00 bits per heavy atom. The van der Waals surface area contributed by atoms with E-state index in [1.54, 1.807) is 43.3 Å². The van der Waals surface area contributed by atoms with E-state index in [2.05, 4.69) is 4.98 Å². The Morgan fingerprint density at radius 3 is 2.68 bits per heavy atom. The van der Waals surface area contributed by atoms with Crippen molar-refractivity contribution in [3.63, 3.8) is 0 Å². The van der Waals surface area contributed by atoms with Gasteiger partial charge in [-0.15, -0.1) is 0 Å². The summed E-state index contributed by atoms with van der Waals surface area (Å²) in [4.78, 5) is 15.4. The lowest BCUT2D eigenvalue weighted by atomic mass is 10.0. The third-order valence-electron chi connectivity index (χ3n) is 3.44. The van der Waals surface area contributed by atoms with Crippen LogP contribution in [0.15, 0.2) is 40.8 Å². The van der Waals surface area contributed by atoms with Gasteiger partial charge < -0.3 is 9.52 Å². The second kappa shape index (κ2) is 5.63. The average molecular weight is 336 g/mol. The van der Waals surface area contributed by atoms with Gasteiger partial charge in [-0.3, -0.25) is 4.79 Å². The van der Waals surface area contributed by atoms with E-state index in [0.29, 0.717) is 38.2 Å². The van der Waals surface area contributed by atoms with Crippen LogP contribution in [-0.2, 0) is 4.79 Å². The highest BCUT2D eigenvalue weighted by molar-refractivity contribution is 6.36. The fourth-order valence-electron chi connectivity index (χ4n) is 2.13. The Morgan fingerprint density at radius 1 is 1.23 bits per heavy atom. The van der Waals surface area contributed by atoms with Gasteiger partial charge in [-0.2, -0.15) is 0 Å². The Labute approximate surface area is 136 Å². The van der Waals surface area contributed by atoms with Crippen LogP contribution < -0.4 is 0 Å². The zero-order chi connectivity index (χ0) is 15.9. The number of rotatable bonds is 3. The summed E-state index contributed by atoms with van der Waals surface area (Å²) in [5.74, 6) is -1.13. The summed E-state index contributed by atoms with van der Waals surface area (Å²) >= 11 is 12.0. The van der Waals surface area contributed by atoms with Crippen molar-refractivity contribution in [3.05, 3.63) is 52.0 Å². The maximum absolute atomic E-state index is 11.1. The molecule has 0 radical (unpaired) electrons. The molecule has 2 aromatic carbocycles. The highest BCUT2D eigenvalue weighted by Gasteiger charge is 2.17. The summed E-state index contributed by atoms with van der Waals surface area (Å²) in [5.41, 5.74) is 2.45. The lowest BCUT2D eigenvalue weighted by molar-refractivity contribution is -0.138. The van der Waals surface area contributed by atoms with Crippen LogP contribution >= 0.6 is 23.2 Å². The highest BCUT2D eigenvalue weighted by Crippen LogP contribution is 2.32. The summed E-state index contributed by atoms with van der Waals surface area (Å²) in [5, 5.41) is 10.0. The SMILES string of the molecule is CC(C(=O)O)c1ccc2nc(-c3ccc(Cl)cc3Cl)oc2c1. The molecular weight excluding hydrogens is 325 g/mol. The maximum Gasteiger partial charge on any atom is 0.310 e. The van der Waals surface area contributed by atoms with E-state index in [1.807, 2.05) is 0 Å². The molecule has 0 saturated carbocycles.